The number of nitrogens with one attached hydrogen (secondary N) is 2. The molecule has 1 fully saturated rings. The summed E-state index contributed by atoms with van der Waals surface area (Å²) in [5.41, 5.74) is 2.66. The molecule has 0 radical (unpaired) electrons. The van der Waals surface area contributed by atoms with Gasteiger partial charge in [-0.15, -0.1) is 0 Å². The summed E-state index contributed by atoms with van der Waals surface area (Å²) in [4.78, 5) is 29.8. The minimum absolute atomic E-state index is 0.0599. The number of carbonyl (C=O) groups is 2. The van der Waals surface area contributed by atoms with Crippen molar-refractivity contribution in [3.05, 3.63) is 59.4 Å². The zero-order valence-electron chi connectivity index (χ0n) is 20.0. The average Bonchev–Trinajstić information content (AvgIpc) is 3.08. The van der Waals surface area contributed by atoms with Crippen LogP contribution in [0, 0.1) is 5.82 Å². The van der Waals surface area contributed by atoms with Crippen LogP contribution < -0.4 is 20.3 Å². The van der Waals surface area contributed by atoms with Gasteiger partial charge in [-0.25, -0.2) is 9.18 Å². The van der Waals surface area contributed by atoms with Crippen LogP contribution in [-0.2, 0) is 17.8 Å². The van der Waals surface area contributed by atoms with Crippen molar-refractivity contribution in [2.45, 2.75) is 57.8 Å². The number of halogens is 1. The van der Waals surface area contributed by atoms with Crippen LogP contribution in [0.2, 0.25) is 0 Å². The summed E-state index contributed by atoms with van der Waals surface area (Å²) in [6.07, 6.45) is 2.02. The first-order valence-corrected chi connectivity index (χ1v) is 11.9. The monoisotopic (exact) mass is 468 g/mol. The highest BCUT2D eigenvalue weighted by Gasteiger charge is 2.38. The quantitative estimate of drug-likeness (QED) is 0.681. The van der Waals surface area contributed by atoms with E-state index in [4.69, 9.17) is 4.74 Å². The Bertz CT molecular complexity index is 1040. The van der Waals surface area contributed by atoms with E-state index >= 15 is 0 Å². The van der Waals surface area contributed by atoms with Gasteiger partial charge in [-0.05, 0) is 56.0 Å². The first-order chi connectivity index (χ1) is 16.4. The summed E-state index contributed by atoms with van der Waals surface area (Å²) < 4.78 is 18.9. The predicted octanol–water partition coefficient (Wildman–Crippen LogP) is 3.46. The van der Waals surface area contributed by atoms with Gasteiger partial charge in [-0.3, -0.25) is 14.6 Å². The summed E-state index contributed by atoms with van der Waals surface area (Å²) in [5.74, 6) is -0.444. The SMILES string of the molecule is COc1ccc(CC(=O)NCC2CCC3CN(C(=O)NC(C)C)c4ccccc4CN23)cc1F. The summed E-state index contributed by atoms with van der Waals surface area (Å²) in [6.45, 7) is 5.79. The molecule has 0 aromatic heterocycles. The number of benzene rings is 2. The Hall–Kier alpha value is -3.13. The van der Waals surface area contributed by atoms with E-state index < -0.39 is 5.82 Å². The summed E-state index contributed by atoms with van der Waals surface area (Å²) >= 11 is 0. The van der Waals surface area contributed by atoms with E-state index in [0.29, 0.717) is 18.7 Å². The third-order valence-electron chi connectivity index (χ3n) is 6.57. The number of rotatable bonds is 6. The first kappa shape index (κ1) is 24.0. The number of hydrogen-bond donors (Lipinski definition) is 2. The van der Waals surface area contributed by atoms with Crippen molar-refractivity contribution >= 4 is 17.6 Å². The maximum Gasteiger partial charge on any atom is 0.322 e. The van der Waals surface area contributed by atoms with Crippen molar-refractivity contribution in [2.75, 3.05) is 25.1 Å². The molecule has 4 rings (SSSR count). The maximum atomic E-state index is 13.9. The van der Waals surface area contributed by atoms with Crippen molar-refractivity contribution in [3.8, 4) is 5.75 Å². The molecule has 2 heterocycles. The smallest absolute Gasteiger partial charge is 0.322 e. The normalized spacial score (nSPS) is 19.9. The minimum Gasteiger partial charge on any atom is -0.494 e. The number of hydrogen-bond acceptors (Lipinski definition) is 4. The topological polar surface area (TPSA) is 73.9 Å². The maximum absolute atomic E-state index is 13.9. The molecule has 2 atom stereocenters. The molecule has 1 saturated heterocycles. The highest BCUT2D eigenvalue weighted by molar-refractivity contribution is 5.93. The van der Waals surface area contributed by atoms with Crippen LogP contribution in [0.3, 0.4) is 0 Å². The predicted molar refractivity (Wildman–Crippen MR) is 129 cm³/mol. The number of urea groups is 1. The number of ether oxygens (including phenoxy) is 1. The van der Waals surface area contributed by atoms with Gasteiger partial charge in [-0.1, -0.05) is 24.3 Å². The molecule has 0 aliphatic carbocycles. The molecule has 7 nitrogen and oxygen atoms in total. The lowest BCUT2D eigenvalue weighted by atomic mass is 10.1. The number of methoxy groups -OCH3 is 1. The molecule has 2 aliphatic rings. The second-order valence-corrected chi connectivity index (χ2v) is 9.35. The molecule has 2 N–H and O–H groups in total. The number of amides is 3. The Kier molecular flexibility index (Phi) is 7.36. The Morgan fingerprint density at radius 3 is 2.71 bits per heavy atom. The molecule has 2 aromatic rings. The lowest BCUT2D eigenvalue weighted by Crippen LogP contribution is -2.49. The molecule has 8 heteroatoms. The van der Waals surface area contributed by atoms with Crippen LogP contribution in [0.1, 0.15) is 37.8 Å². The van der Waals surface area contributed by atoms with E-state index in [1.165, 1.54) is 19.2 Å². The average molecular weight is 469 g/mol. The molecule has 2 aromatic carbocycles. The van der Waals surface area contributed by atoms with Gasteiger partial charge < -0.3 is 15.4 Å². The second-order valence-electron chi connectivity index (χ2n) is 9.35. The van der Waals surface area contributed by atoms with Gasteiger partial charge in [0.2, 0.25) is 5.91 Å². The highest BCUT2D eigenvalue weighted by atomic mass is 19.1. The van der Waals surface area contributed by atoms with E-state index in [2.05, 4.69) is 21.6 Å². The molecule has 0 spiro atoms. The number of anilines is 1. The van der Waals surface area contributed by atoms with Crippen molar-refractivity contribution in [3.63, 3.8) is 0 Å². The van der Waals surface area contributed by atoms with Crippen LogP contribution in [0.4, 0.5) is 14.9 Å². The zero-order chi connectivity index (χ0) is 24.2. The molecular formula is C26H33FN4O3. The van der Waals surface area contributed by atoms with Crippen LogP contribution in [0.25, 0.3) is 0 Å². The van der Waals surface area contributed by atoms with Gasteiger partial charge in [0.1, 0.15) is 0 Å². The fourth-order valence-corrected chi connectivity index (χ4v) is 4.92. The number of nitrogens with zero attached hydrogens (tertiary/aromatic N) is 2. The lowest BCUT2D eigenvalue weighted by molar-refractivity contribution is -0.120. The van der Waals surface area contributed by atoms with E-state index in [-0.39, 0.29) is 42.2 Å². The lowest BCUT2D eigenvalue weighted by Gasteiger charge is -2.30. The van der Waals surface area contributed by atoms with E-state index in [9.17, 15) is 14.0 Å². The largest absolute Gasteiger partial charge is 0.494 e. The fourth-order valence-electron chi connectivity index (χ4n) is 4.92. The molecule has 182 valence electrons. The Morgan fingerprint density at radius 2 is 1.97 bits per heavy atom. The molecule has 0 saturated carbocycles. The Balaban J connectivity index is 1.41. The fraction of sp³-hybridized carbons (Fsp3) is 0.462. The molecule has 2 aliphatic heterocycles. The standard InChI is InChI=1S/C26H33FN4O3/c1-17(2)29-26(33)31-16-21-10-9-20(30(21)15-19-6-4-5-7-23(19)31)14-28-25(32)13-18-8-11-24(34-3)22(27)12-18/h4-8,11-12,17,20-21H,9-10,13-16H2,1-3H3,(H,28,32)(H,29,33). The van der Waals surface area contributed by atoms with Gasteiger partial charge >= 0.3 is 6.03 Å². The molecule has 2 unspecified atom stereocenters. The summed E-state index contributed by atoms with van der Waals surface area (Å²) in [7, 11) is 1.41. The number of carbonyl (C=O) groups excluding carboxylic acids is 2. The second kappa shape index (κ2) is 10.4. The summed E-state index contributed by atoms with van der Waals surface area (Å²) in [5, 5.41) is 6.05. The van der Waals surface area contributed by atoms with E-state index in [1.54, 1.807) is 6.07 Å². The van der Waals surface area contributed by atoms with Crippen LogP contribution in [-0.4, -0.2) is 55.2 Å². The van der Waals surface area contributed by atoms with E-state index in [1.807, 2.05) is 36.9 Å². The first-order valence-electron chi connectivity index (χ1n) is 11.9. The van der Waals surface area contributed by atoms with Crippen LogP contribution in [0.15, 0.2) is 42.5 Å². The molecule has 0 bridgehead atoms. The van der Waals surface area contributed by atoms with Crippen molar-refractivity contribution in [1.29, 1.82) is 0 Å². The zero-order valence-corrected chi connectivity index (χ0v) is 20.0. The Labute approximate surface area is 200 Å². The van der Waals surface area contributed by atoms with Gasteiger partial charge in [0.25, 0.3) is 0 Å². The van der Waals surface area contributed by atoms with Crippen molar-refractivity contribution in [1.82, 2.24) is 15.5 Å². The number of para-hydroxylation sites is 1. The van der Waals surface area contributed by atoms with Crippen molar-refractivity contribution < 1.29 is 18.7 Å². The van der Waals surface area contributed by atoms with Gasteiger partial charge in [0, 0.05) is 43.4 Å². The van der Waals surface area contributed by atoms with Crippen LogP contribution >= 0.6 is 0 Å². The van der Waals surface area contributed by atoms with E-state index in [0.717, 1.165) is 30.6 Å². The third-order valence-corrected chi connectivity index (χ3v) is 6.57. The number of fused-ring (bicyclic) bond motifs is 2. The molecule has 3 amide bonds. The highest BCUT2D eigenvalue weighted by Crippen LogP contribution is 2.34. The van der Waals surface area contributed by atoms with Gasteiger partial charge in [-0.2, -0.15) is 0 Å². The minimum atomic E-state index is -0.472. The van der Waals surface area contributed by atoms with Gasteiger partial charge in [0.15, 0.2) is 11.6 Å². The van der Waals surface area contributed by atoms with Crippen molar-refractivity contribution in [2.24, 2.45) is 0 Å². The van der Waals surface area contributed by atoms with Gasteiger partial charge in [0.05, 0.1) is 13.5 Å². The van der Waals surface area contributed by atoms with Crippen LogP contribution in [0.5, 0.6) is 5.75 Å². The molecule has 34 heavy (non-hydrogen) atoms. The molecular weight excluding hydrogens is 435 g/mol. The summed E-state index contributed by atoms with van der Waals surface area (Å²) in [6, 6.07) is 13.0. The third kappa shape index (κ3) is 5.33. The Morgan fingerprint density at radius 1 is 1.18 bits per heavy atom.